The highest BCUT2D eigenvalue weighted by molar-refractivity contribution is 7.85. The summed E-state index contributed by atoms with van der Waals surface area (Å²) in [5.74, 6) is 0.157. The van der Waals surface area contributed by atoms with Crippen LogP contribution in [0.2, 0.25) is 0 Å². The number of benzene rings is 2. The molecule has 0 fully saturated rings. The van der Waals surface area contributed by atoms with E-state index >= 15 is 0 Å². The molecular formula is C25H29NO3S. The van der Waals surface area contributed by atoms with Crippen LogP contribution in [0.1, 0.15) is 50.8 Å². The summed E-state index contributed by atoms with van der Waals surface area (Å²) in [5.41, 5.74) is 5.23. The van der Waals surface area contributed by atoms with Crippen LogP contribution in [0.4, 0.5) is 0 Å². The van der Waals surface area contributed by atoms with Crippen LogP contribution < -0.4 is 8.91 Å². The van der Waals surface area contributed by atoms with Crippen molar-refractivity contribution in [2.75, 3.05) is 0 Å². The Kier molecular flexibility index (Phi) is 6.95. The highest BCUT2D eigenvalue weighted by Crippen LogP contribution is 2.40. The maximum Gasteiger partial charge on any atom is 0.383 e. The molecule has 0 saturated carbocycles. The quantitative estimate of drug-likeness (QED) is 0.558. The minimum absolute atomic E-state index is 0.212. The van der Waals surface area contributed by atoms with Crippen molar-refractivity contribution in [3.8, 4) is 5.75 Å². The lowest BCUT2D eigenvalue weighted by molar-refractivity contribution is 0.405. The van der Waals surface area contributed by atoms with Crippen molar-refractivity contribution in [3.05, 3.63) is 95.6 Å². The molecule has 0 bridgehead atoms. The standard InChI is InChI=1S/C25H29NO3S/c1-18(2)11-10-12-19(3)23(17-20(4)21-13-6-5-7-14-21)25-22-15-8-9-16-24(22)29-30(27,28)26-25/h5-9,11,13-17,23,25-26H,3,10,12H2,1-2,4H3/b20-17+/t23-,25-/m1/s1. The molecule has 3 rings (SSSR count). The summed E-state index contributed by atoms with van der Waals surface area (Å²) in [7, 11) is -3.89. The van der Waals surface area contributed by atoms with Gasteiger partial charge in [-0.1, -0.05) is 78.4 Å². The summed E-state index contributed by atoms with van der Waals surface area (Å²) in [6, 6.07) is 16.9. The van der Waals surface area contributed by atoms with Crippen LogP contribution in [0.15, 0.2) is 84.5 Å². The first-order chi connectivity index (χ1) is 14.3. The third kappa shape index (κ3) is 5.49. The first-order valence-electron chi connectivity index (χ1n) is 10.1. The molecule has 1 aliphatic heterocycles. The van der Waals surface area contributed by atoms with E-state index in [2.05, 4.69) is 49.4 Å². The Morgan fingerprint density at radius 3 is 2.47 bits per heavy atom. The van der Waals surface area contributed by atoms with Gasteiger partial charge >= 0.3 is 10.3 Å². The summed E-state index contributed by atoms with van der Waals surface area (Å²) in [6.45, 7) is 10.5. The van der Waals surface area contributed by atoms with Crippen LogP contribution in [-0.2, 0) is 10.3 Å². The molecule has 158 valence electrons. The second kappa shape index (κ2) is 9.45. The third-order valence-electron chi connectivity index (χ3n) is 5.23. The average Bonchev–Trinajstić information content (AvgIpc) is 2.71. The van der Waals surface area contributed by atoms with Crippen LogP contribution in [0.5, 0.6) is 5.75 Å². The van der Waals surface area contributed by atoms with E-state index < -0.39 is 16.3 Å². The zero-order valence-electron chi connectivity index (χ0n) is 17.8. The fourth-order valence-corrected chi connectivity index (χ4v) is 4.69. The monoisotopic (exact) mass is 423 g/mol. The normalized spacial score (nSPS) is 18.6. The molecule has 1 aliphatic rings. The molecule has 1 N–H and O–H groups in total. The number of rotatable bonds is 7. The van der Waals surface area contributed by atoms with Crippen LogP contribution in [0, 0.1) is 5.92 Å². The molecule has 2 aromatic rings. The molecule has 0 saturated heterocycles. The van der Waals surface area contributed by atoms with Crippen LogP contribution in [-0.4, -0.2) is 8.42 Å². The zero-order chi connectivity index (χ0) is 21.7. The third-order valence-corrected chi connectivity index (χ3v) is 6.17. The number of allylic oxidation sites excluding steroid dienone is 3. The Morgan fingerprint density at radius 2 is 1.77 bits per heavy atom. The van der Waals surface area contributed by atoms with E-state index in [1.54, 1.807) is 12.1 Å². The fraction of sp³-hybridized carbons (Fsp3) is 0.280. The molecule has 30 heavy (non-hydrogen) atoms. The van der Waals surface area contributed by atoms with Crippen LogP contribution in [0.3, 0.4) is 0 Å². The van der Waals surface area contributed by atoms with Gasteiger partial charge in [0.1, 0.15) is 5.75 Å². The SMILES string of the molecule is C=C(CCC=C(C)C)[C@@H](/C=C(\C)c1ccccc1)[C@@H]1NS(=O)(=O)Oc2ccccc21. The van der Waals surface area contributed by atoms with E-state index in [1.807, 2.05) is 37.3 Å². The van der Waals surface area contributed by atoms with E-state index in [-0.39, 0.29) is 5.92 Å². The van der Waals surface area contributed by atoms with Gasteiger partial charge in [-0.05, 0) is 50.8 Å². The van der Waals surface area contributed by atoms with Gasteiger partial charge in [0.2, 0.25) is 0 Å². The first kappa shape index (κ1) is 22.1. The summed E-state index contributed by atoms with van der Waals surface area (Å²) in [5, 5.41) is 0. The number of nitrogens with one attached hydrogen (secondary N) is 1. The van der Waals surface area contributed by atoms with Crippen molar-refractivity contribution in [2.45, 2.75) is 39.7 Å². The zero-order valence-corrected chi connectivity index (χ0v) is 18.6. The van der Waals surface area contributed by atoms with Gasteiger partial charge in [0.25, 0.3) is 0 Å². The lowest BCUT2D eigenvalue weighted by Crippen LogP contribution is -2.40. The van der Waals surface area contributed by atoms with Gasteiger partial charge < -0.3 is 4.18 Å². The lowest BCUT2D eigenvalue weighted by atomic mass is 9.83. The molecule has 0 amide bonds. The van der Waals surface area contributed by atoms with Crippen LogP contribution >= 0.6 is 0 Å². The number of para-hydroxylation sites is 1. The van der Waals surface area contributed by atoms with Crippen molar-refractivity contribution in [2.24, 2.45) is 5.92 Å². The van der Waals surface area contributed by atoms with Gasteiger partial charge in [-0.3, -0.25) is 0 Å². The average molecular weight is 424 g/mol. The Hall–Kier alpha value is -2.63. The van der Waals surface area contributed by atoms with Crippen molar-refractivity contribution in [1.29, 1.82) is 0 Å². The maximum atomic E-state index is 12.4. The van der Waals surface area contributed by atoms with Gasteiger partial charge in [0.15, 0.2) is 0 Å². The Bertz CT molecular complexity index is 1060. The summed E-state index contributed by atoms with van der Waals surface area (Å²) >= 11 is 0. The summed E-state index contributed by atoms with van der Waals surface area (Å²) in [4.78, 5) is 0. The van der Waals surface area contributed by atoms with E-state index in [0.717, 1.165) is 35.1 Å². The summed E-state index contributed by atoms with van der Waals surface area (Å²) < 4.78 is 32.7. The molecule has 0 aromatic heterocycles. The topological polar surface area (TPSA) is 55.4 Å². The molecule has 0 radical (unpaired) electrons. The van der Waals surface area contributed by atoms with Gasteiger partial charge in [-0.15, -0.1) is 0 Å². The van der Waals surface area contributed by atoms with Crippen LogP contribution in [0.25, 0.3) is 5.57 Å². The molecule has 0 aliphatic carbocycles. The minimum atomic E-state index is -3.89. The fourth-order valence-electron chi connectivity index (χ4n) is 3.67. The van der Waals surface area contributed by atoms with Crippen molar-refractivity contribution in [1.82, 2.24) is 4.72 Å². The van der Waals surface area contributed by atoms with Gasteiger partial charge in [-0.2, -0.15) is 13.1 Å². The second-order valence-corrected chi connectivity index (χ2v) is 9.20. The molecule has 0 spiro atoms. The highest BCUT2D eigenvalue weighted by Gasteiger charge is 2.35. The van der Waals surface area contributed by atoms with Crippen molar-refractivity contribution >= 4 is 15.9 Å². The predicted molar refractivity (Wildman–Crippen MR) is 123 cm³/mol. The minimum Gasteiger partial charge on any atom is -0.371 e. The molecule has 0 unspecified atom stereocenters. The summed E-state index contributed by atoms with van der Waals surface area (Å²) in [6.07, 6.45) is 5.94. The van der Waals surface area contributed by atoms with Gasteiger partial charge in [0.05, 0.1) is 6.04 Å². The molecule has 4 nitrogen and oxygen atoms in total. The predicted octanol–water partition coefficient (Wildman–Crippen LogP) is 5.98. The molecule has 5 heteroatoms. The van der Waals surface area contributed by atoms with E-state index in [1.165, 1.54) is 5.57 Å². The molecular weight excluding hydrogens is 394 g/mol. The lowest BCUT2D eigenvalue weighted by Gasteiger charge is -2.32. The number of fused-ring (bicyclic) bond motifs is 1. The van der Waals surface area contributed by atoms with Crippen molar-refractivity contribution < 1.29 is 12.6 Å². The smallest absolute Gasteiger partial charge is 0.371 e. The van der Waals surface area contributed by atoms with Crippen molar-refractivity contribution in [3.63, 3.8) is 0 Å². The second-order valence-electron chi connectivity index (χ2n) is 7.89. The maximum absolute atomic E-state index is 12.4. The van der Waals surface area contributed by atoms with Gasteiger partial charge in [-0.25, -0.2) is 0 Å². The number of hydrogen-bond donors (Lipinski definition) is 1. The molecule has 2 aromatic carbocycles. The highest BCUT2D eigenvalue weighted by atomic mass is 32.2. The molecule has 1 heterocycles. The van der Waals surface area contributed by atoms with E-state index in [4.69, 9.17) is 4.18 Å². The number of hydrogen-bond acceptors (Lipinski definition) is 3. The Balaban J connectivity index is 2.03. The Labute approximate surface area is 180 Å². The van der Waals surface area contributed by atoms with Gasteiger partial charge in [0, 0.05) is 11.5 Å². The molecule has 2 atom stereocenters. The van der Waals surface area contributed by atoms with E-state index in [0.29, 0.717) is 5.75 Å². The van der Waals surface area contributed by atoms with E-state index in [9.17, 15) is 8.42 Å². The first-order valence-corrected chi connectivity index (χ1v) is 11.5. The largest absolute Gasteiger partial charge is 0.383 e. The Morgan fingerprint density at radius 1 is 1.10 bits per heavy atom.